The monoisotopic (exact) mass is 406 g/mol. The number of unbranched alkanes of at least 4 members (excludes halogenated alkanes) is 1. The van der Waals surface area contributed by atoms with Crippen LogP contribution in [0.3, 0.4) is 0 Å². The first kappa shape index (κ1) is 20.1. The molecule has 2 aliphatic heterocycles. The lowest BCUT2D eigenvalue weighted by Gasteiger charge is -2.36. The molecule has 0 bridgehead atoms. The van der Waals surface area contributed by atoms with Gasteiger partial charge in [0.05, 0.1) is 10.7 Å². The summed E-state index contributed by atoms with van der Waals surface area (Å²) in [6.07, 6.45) is 1.41. The number of carbonyl (C=O) groups is 4. The average molecular weight is 407 g/mol. The lowest BCUT2D eigenvalue weighted by atomic mass is 10.2. The molecule has 0 unspecified atom stereocenters. The maximum atomic E-state index is 12.6. The van der Waals surface area contributed by atoms with Crippen molar-refractivity contribution in [2.75, 3.05) is 44.2 Å². The Morgan fingerprint density at radius 2 is 1.64 bits per heavy atom. The predicted octanol–water partition coefficient (Wildman–Crippen LogP) is 1.58. The van der Waals surface area contributed by atoms with Crippen LogP contribution in [0.2, 0.25) is 5.02 Å². The van der Waals surface area contributed by atoms with Crippen molar-refractivity contribution in [1.29, 1.82) is 0 Å². The van der Waals surface area contributed by atoms with Crippen molar-refractivity contribution in [3.63, 3.8) is 0 Å². The Hall–Kier alpha value is -2.61. The van der Waals surface area contributed by atoms with Gasteiger partial charge >= 0.3 is 17.8 Å². The van der Waals surface area contributed by atoms with Crippen LogP contribution in [-0.2, 0) is 14.4 Å². The highest BCUT2D eigenvalue weighted by Crippen LogP contribution is 2.26. The van der Waals surface area contributed by atoms with Crippen LogP contribution in [0.4, 0.5) is 10.5 Å². The molecular formula is C19H23ClN4O4. The molecule has 0 N–H and O–H groups in total. The summed E-state index contributed by atoms with van der Waals surface area (Å²) in [5, 5.41) is 0.654. The molecular weight excluding hydrogens is 384 g/mol. The zero-order valence-electron chi connectivity index (χ0n) is 15.8. The van der Waals surface area contributed by atoms with Crippen molar-refractivity contribution in [3.05, 3.63) is 29.3 Å². The highest BCUT2D eigenvalue weighted by atomic mass is 35.5. The molecule has 0 radical (unpaired) electrons. The molecule has 1 aromatic carbocycles. The Morgan fingerprint density at radius 3 is 2.29 bits per heavy atom. The highest BCUT2D eigenvalue weighted by molar-refractivity contribution is 6.45. The molecule has 3 rings (SSSR count). The van der Waals surface area contributed by atoms with E-state index >= 15 is 0 Å². The second-order valence-corrected chi connectivity index (χ2v) is 7.21. The van der Waals surface area contributed by atoms with E-state index < -0.39 is 24.4 Å². The van der Waals surface area contributed by atoms with Crippen LogP contribution >= 0.6 is 11.6 Å². The highest BCUT2D eigenvalue weighted by Gasteiger charge is 2.45. The van der Waals surface area contributed by atoms with Crippen molar-refractivity contribution in [2.45, 2.75) is 19.8 Å². The molecule has 2 heterocycles. The van der Waals surface area contributed by atoms with E-state index in [-0.39, 0.29) is 12.5 Å². The first-order valence-electron chi connectivity index (χ1n) is 9.38. The summed E-state index contributed by atoms with van der Waals surface area (Å²) < 4.78 is 0. The van der Waals surface area contributed by atoms with Crippen molar-refractivity contribution < 1.29 is 19.2 Å². The van der Waals surface area contributed by atoms with Gasteiger partial charge < -0.3 is 9.80 Å². The first-order chi connectivity index (χ1) is 13.4. The number of amides is 5. The number of para-hydroxylation sites is 1. The van der Waals surface area contributed by atoms with E-state index in [0.717, 1.165) is 21.9 Å². The second kappa shape index (κ2) is 8.60. The van der Waals surface area contributed by atoms with Crippen LogP contribution in [0.5, 0.6) is 0 Å². The topological polar surface area (TPSA) is 81.2 Å². The van der Waals surface area contributed by atoms with E-state index in [1.807, 2.05) is 31.2 Å². The molecule has 8 nitrogen and oxygen atoms in total. The summed E-state index contributed by atoms with van der Waals surface area (Å²) in [5.74, 6) is -2.12. The predicted molar refractivity (Wildman–Crippen MR) is 104 cm³/mol. The number of hydrogen-bond acceptors (Lipinski definition) is 5. The fourth-order valence-electron chi connectivity index (χ4n) is 3.34. The summed E-state index contributed by atoms with van der Waals surface area (Å²) in [7, 11) is 0. The van der Waals surface area contributed by atoms with Gasteiger partial charge in [-0.05, 0) is 18.6 Å². The number of nitrogens with zero attached hydrogens (tertiary/aromatic N) is 4. The van der Waals surface area contributed by atoms with Gasteiger partial charge in [0, 0.05) is 32.7 Å². The zero-order valence-corrected chi connectivity index (χ0v) is 16.5. The molecule has 5 amide bonds. The van der Waals surface area contributed by atoms with Crippen LogP contribution < -0.4 is 4.90 Å². The van der Waals surface area contributed by atoms with Crippen molar-refractivity contribution in [1.82, 2.24) is 14.7 Å². The Kier molecular flexibility index (Phi) is 6.18. The van der Waals surface area contributed by atoms with Gasteiger partial charge in [-0.25, -0.2) is 9.69 Å². The molecule has 0 atom stereocenters. The fraction of sp³-hybridized carbons (Fsp3) is 0.474. The minimum Gasteiger partial charge on any atom is -0.367 e. The smallest absolute Gasteiger partial charge is 0.334 e. The van der Waals surface area contributed by atoms with E-state index in [1.165, 1.54) is 0 Å². The Labute approximate surface area is 168 Å². The molecule has 1 aromatic rings. The third-order valence-corrected chi connectivity index (χ3v) is 5.31. The van der Waals surface area contributed by atoms with Gasteiger partial charge in [0.1, 0.15) is 6.54 Å². The van der Waals surface area contributed by atoms with E-state index in [0.29, 0.717) is 37.6 Å². The largest absolute Gasteiger partial charge is 0.367 e. The molecule has 2 saturated heterocycles. The van der Waals surface area contributed by atoms with Gasteiger partial charge in [-0.2, -0.15) is 0 Å². The number of benzene rings is 1. The van der Waals surface area contributed by atoms with E-state index in [4.69, 9.17) is 11.6 Å². The SMILES string of the molecule is CCCCN1C(=O)C(=O)N(CC(=O)N2CCN(c3ccccc3Cl)CC2)C1=O. The van der Waals surface area contributed by atoms with Gasteiger partial charge in [-0.15, -0.1) is 0 Å². The Balaban J connectivity index is 1.57. The minimum atomic E-state index is -0.927. The number of anilines is 1. The van der Waals surface area contributed by atoms with E-state index in [2.05, 4.69) is 4.90 Å². The zero-order chi connectivity index (χ0) is 20.3. The number of piperazine rings is 1. The molecule has 2 aliphatic rings. The number of hydrogen-bond donors (Lipinski definition) is 0. The van der Waals surface area contributed by atoms with Crippen molar-refractivity contribution >= 4 is 41.0 Å². The fourth-order valence-corrected chi connectivity index (χ4v) is 3.60. The molecule has 28 heavy (non-hydrogen) atoms. The molecule has 0 spiro atoms. The summed E-state index contributed by atoms with van der Waals surface area (Å²) in [6, 6.07) is 6.82. The number of imide groups is 2. The van der Waals surface area contributed by atoms with Gasteiger partial charge in [0.15, 0.2) is 0 Å². The van der Waals surface area contributed by atoms with Crippen LogP contribution in [0.15, 0.2) is 24.3 Å². The van der Waals surface area contributed by atoms with Crippen molar-refractivity contribution in [2.24, 2.45) is 0 Å². The van der Waals surface area contributed by atoms with Crippen LogP contribution in [-0.4, -0.2) is 77.7 Å². The van der Waals surface area contributed by atoms with Crippen molar-refractivity contribution in [3.8, 4) is 0 Å². The molecule has 9 heteroatoms. The molecule has 2 fully saturated rings. The molecule has 0 aliphatic carbocycles. The number of rotatable bonds is 6. The number of halogens is 1. The van der Waals surface area contributed by atoms with Gasteiger partial charge in [0.25, 0.3) is 0 Å². The quantitative estimate of drug-likeness (QED) is 0.529. The van der Waals surface area contributed by atoms with Crippen LogP contribution in [0, 0.1) is 0 Å². The lowest BCUT2D eigenvalue weighted by Crippen LogP contribution is -2.52. The van der Waals surface area contributed by atoms with Crippen LogP contribution in [0.25, 0.3) is 0 Å². The minimum absolute atomic E-state index is 0.196. The second-order valence-electron chi connectivity index (χ2n) is 6.80. The van der Waals surface area contributed by atoms with Gasteiger partial charge in [-0.1, -0.05) is 37.1 Å². The van der Waals surface area contributed by atoms with E-state index in [1.54, 1.807) is 4.90 Å². The first-order valence-corrected chi connectivity index (χ1v) is 9.76. The normalized spacial score (nSPS) is 17.7. The summed E-state index contributed by atoms with van der Waals surface area (Å²) in [6.45, 7) is 3.81. The molecule has 0 aromatic heterocycles. The third-order valence-electron chi connectivity index (χ3n) is 4.99. The maximum absolute atomic E-state index is 12.6. The summed E-state index contributed by atoms with van der Waals surface area (Å²) >= 11 is 6.23. The average Bonchev–Trinajstić information content (AvgIpc) is 2.90. The number of carbonyl (C=O) groups excluding carboxylic acids is 4. The summed E-state index contributed by atoms with van der Waals surface area (Å²) in [5.41, 5.74) is 0.915. The molecule has 0 saturated carbocycles. The van der Waals surface area contributed by atoms with Crippen LogP contribution in [0.1, 0.15) is 19.8 Å². The van der Waals surface area contributed by atoms with Gasteiger partial charge in [0.2, 0.25) is 5.91 Å². The van der Waals surface area contributed by atoms with E-state index in [9.17, 15) is 19.2 Å². The lowest BCUT2D eigenvalue weighted by molar-refractivity contribution is -0.145. The summed E-state index contributed by atoms with van der Waals surface area (Å²) in [4.78, 5) is 54.4. The van der Waals surface area contributed by atoms with Gasteiger partial charge in [-0.3, -0.25) is 19.3 Å². The maximum Gasteiger partial charge on any atom is 0.334 e. The number of urea groups is 1. The Bertz CT molecular complexity index is 792. The third kappa shape index (κ3) is 3.96. The standard InChI is InChI=1S/C19H23ClN4O4/c1-2-3-8-23-17(26)18(27)24(19(23)28)13-16(25)22-11-9-21(10-12-22)15-7-5-4-6-14(15)20/h4-7H,2-3,8-13H2,1H3. The molecule has 150 valence electrons. The Morgan fingerprint density at radius 1 is 1.00 bits per heavy atom.